The molecule has 1 N–H and O–H groups in total. The molecular formula is C21H25FN2O3S. The largest absolute Gasteiger partial charge is 0.325 e. The summed E-state index contributed by atoms with van der Waals surface area (Å²) in [6.45, 7) is 3.51. The quantitative estimate of drug-likeness (QED) is 0.821. The molecule has 1 aliphatic rings. The van der Waals surface area contributed by atoms with E-state index in [1.54, 1.807) is 30.3 Å². The maximum absolute atomic E-state index is 13.8. The molecule has 0 aromatic heterocycles. The molecule has 0 bridgehead atoms. The van der Waals surface area contributed by atoms with Crippen molar-refractivity contribution in [1.29, 1.82) is 0 Å². The number of carbonyl (C=O) groups is 1. The number of aryl methyl sites for hydroxylation is 1. The van der Waals surface area contributed by atoms with Gasteiger partial charge in [-0.3, -0.25) is 4.79 Å². The minimum Gasteiger partial charge on any atom is -0.325 e. The van der Waals surface area contributed by atoms with Crippen molar-refractivity contribution in [3.63, 3.8) is 0 Å². The van der Waals surface area contributed by atoms with Crippen LogP contribution in [0.4, 0.5) is 10.1 Å². The van der Waals surface area contributed by atoms with E-state index in [9.17, 15) is 17.6 Å². The smallest absolute Gasteiger partial charge is 0.245 e. The zero-order valence-electron chi connectivity index (χ0n) is 16.1. The van der Waals surface area contributed by atoms with Crippen molar-refractivity contribution in [2.75, 3.05) is 11.9 Å². The lowest BCUT2D eigenvalue weighted by atomic mass is 10.0. The van der Waals surface area contributed by atoms with E-state index < -0.39 is 16.1 Å². The summed E-state index contributed by atoms with van der Waals surface area (Å²) in [7, 11) is -3.90. The zero-order valence-corrected chi connectivity index (χ0v) is 16.9. The summed E-state index contributed by atoms with van der Waals surface area (Å²) in [6, 6.07) is 10.7. The second kappa shape index (κ2) is 8.41. The highest BCUT2D eigenvalue weighted by Crippen LogP contribution is 2.37. The van der Waals surface area contributed by atoms with Gasteiger partial charge in [0.2, 0.25) is 15.9 Å². The van der Waals surface area contributed by atoms with E-state index in [1.807, 2.05) is 6.92 Å². The molecule has 2 aromatic rings. The number of hydrogen-bond acceptors (Lipinski definition) is 3. The van der Waals surface area contributed by atoms with Gasteiger partial charge in [-0.05, 0) is 55.2 Å². The SMILES string of the molecule is CC(=O)Nc1ccc(C)cc1S(=O)(=O)N1CCCCC[C@@H]1c1cccc(F)c1. The molecule has 0 radical (unpaired) electrons. The van der Waals surface area contributed by atoms with Crippen LogP contribution in [0.1, 0.15) is 49.8 Å². The van der Waals surface area contributed by atoms with Gasteiger partial charge in [-0.2, -0.15) is 4.31 Å². The van der Waals surface area contributed by atoms with Crippen LogP contribution in [0.3, 0.4) is 0 Å². The van der Waals surface area contributed by atoms with Gasteiger partial charge in [-0.25, -0.2) is 12.8 Å². The highest BCUT2D eigenvalue weighted by atomic mass is 32.2. The van der Waals surface area contributed by atoms with Crippen molar-refractivity contribution in [2.24, 2.45) is 0 Å². The van der Waals surface area contributed by atoms with Gasteiger partial charge in [0.05, 0.1) is 11.7 Å². The molecule has 0 unspecified atom stereocenters. The van der Waals surface area contributed by atoms with E-state index in [0.717, 1.165) is 24.8 Å². The number of carbonyl (C=O) groups excluding carboxylic acids is 1. The van der Waals surface area contributed by atoms with Crippen LogP contribution in [0.2, 0.25) is 0 Å². The summed E-state index contributed by atoms with van der Waals surface area (Å²) in [6.07, 6.45) is 3.17. The average Bonchev–Trinajstić information content (AvgIpc) is 2.89. The zero-order chi connectivity index (χ0) is 20.3. The van der Waals surface area contributed by atoms with Gasteiger partial charge >= 0.3 is 0 Å². The summed E-state index contributed by atoms with van der Waals surface area (Å²) in [4.78, 5) is 11.6. The Morgan fingerprint density at radius 1 is 1.14 bits per heavy atom. The number of halogens is 1. The number of amides is 1. The molecular weight excluding hydrogens is 379 g/mol. The molecule has 1 fully saturated rings. The lowest BCUT2D eigenvalue weighted by molar-refractivity contribution is -0.114. The third kappa shape index (κ3) is 4.42. The molecule has 1 atom stereocenters. The number of sulfonamides is 1. The lowest BCUT2D eigenvalue weighted by Gasteiger charge is -2.30. The Morgan fingerprint density at radius 2 is 1.93 bits per heavy atom. The van der Waals surface area contributed by atoms with E-state index in [4.69, 9.17) is 0 Å². The minimum atomic E-state index is -3.90. The van der Waals surface area contributed by atoms with Crippen LogP contribution in [0, 0.1) is 12.7 Å². The molecule has 0 spiro atoms. The minimum absolute atomic E-state index is 0.0750. The Morgan fingerprint density at radius 3 is 2.64 bits per heavy atom. The molecule has 2 aromatic carbocycles. The van der Waals surface area contributed by atoms with Gasteiger partial charge in [0.15, 0.2) is 0 Å². The Kier molecular flexibility index (Phi) is 6.15. The number of hydrogen-bond donors (Lipinski definition) is 1. The summed E-state index contributed by atoms with van der Waals surface area (Å²) >= 11 is 0. The van der Waals surface area contributed by atoms with E-state index >= 15 is 0 Å². The van der Waals surface area contributed by atoms with Crippen LogP contribution in [0.15, 0.2) is 47.4 Å². The Bertz CT molecular complexity index is 975. The molecule has 0 saturated carbocycles. The monoisotopic (exact) mass is 404 g/mol. The highest BCUT2D eigenvalue weighted by Gasteiger charge is 2.35. The van der Waals surface area contributed by atoms with Gasteiger partial charge in [0.25, 0.3) is 0 Å². The number of rotatable bonds is 4. The van der Waals surface area contributed by atoms with Crippen molar-refractivity contribution in [1.82, 2.24) is 4.31 Å². The number of nitrogens with zero attached hydrogens (tertiary/aromatic N) is 1. The van der Waals surface area contributed by atoms with E-state index in [0.29, 0.717) is 18.5 Å². The topological polar surface area (TPSA) is 66.5 Å². The van der Waals surface area contributed by atoms with Gasteiger partial charge in [-0.1, -0.05) is 31.0 Å². The molecule has 150 valence electrons. The molecule has 1 saturated heterocycles. The lowest BCUT2D eigenvalue weighted by Crippen LogP contribution is -2.35. The van der Waals surface area contributed by atoms with Crippen LogP contribution in [0.25, 0.3) is 0 Å². The predicted octanol–water partition coefficient (Wildman–Crippen LogP) is 4.40. The van der Waals surface area contributed by atoms with Crippen molar-refractivity contribution < 1.29 is 17.6 Å². The third-order valence-corrected chi connectivity index (χ3v) is 6.92. The molecule has 1 amide bonds. The van der Waals surface area contributed by atoms with E-state index in [1.165, 1.54) is 23.4 Å². The fourth-order valence-corrected chi connectivity index (χ4v) is 5.59. The maximum Gasteiger partial charge on any atom is 0.245 e. The summed E-state index contributed by atoms with van der Waals surface area (Å²) < 4.78 is 42.6. The number of anilines is 1. The normalized spacial score (nSPS) is 18.5. The Balaban J connectivity index is 2.10. The molecule has 7 heteroatoms. The molecule has 0 aliphatic carbocycles. The Hall–Kier alpha value is -2.25. The molecule has 3 rings (SSSR count). The highest BCUT2D eigenvalue weighted by molar-refractivity contribution is 7.89. The van der Waals surface area contributed by atoms with Crippen LogP contribution < -0.4 is 5.32 Å². The van der Waals surface area contributed by atoms with Crippen molar-refractivity contribution in [2.45, 2.75) is 50.5 Å². The Labute approximate surface area is 165 Å². The first-order chi connectivity index (χ1) is 13.3. The second-order valence-electron chi connectivity index (χ2n) is 7.22. The summed E-state index contributed by atoms with van der Waals surface area (Å²) in [5, 5.41) is 2.62. The van der Waals surface area contributed by atoms with Gasteiger partial charge in [0, 0.05) is 13.5 Å². The fraction of sp³-hybridized carbons (Fsp3) is 0.381. The van der Waals surface area contributed by atoms with E-state index in [2.05, 4.69) is 5.32 Å². The van der Waals surface area contributed by atoms with Crippen molar-refractivity contribution in [3.05, 3.63) is 59.4 Å². The first kappa shape index (κ1) is 20.5. The maximum atomic E-state index is 13.8. The van der Waals surface area contributed by atoms with E-state index in [-0.39, 0.29) is 22.3 Å². The molecule has 5 nitrogen and oxygen atoms in total. The van der Waals surface area contributed by atoms with Gasteiger partial charge in [-0.15, -0.1) is 0 Å². The van der Waals surface area contributed by atoms with Crippen LogP contribution >= 0.6 is 0 Å². The first-order valence-corrected chi connectivity index (χ1v) is 10.9. The summed E-state index contributed by atoms with van der Waals surface area (Å²) in [5.74, 6) is -0.716. The average molecular weight is 405 g/mol. The van der Waals surface area contributed by atoms with Crippen LogP contribution in [-0.4, -0.2) is 25.2 Å². The summed E-state index contributed by atoms with van der Waals surface area (Å²) in [5.41, 5.74) is 1.70. The van der Waals surface area contributed by atoms with Crippen molar-refractivity contribution in [3.8, 4) is 0 Å². The number of benzene rings is 2. The standard InChI is InChI=1S/C21H25FN2O3S/c1-15-10-11-19(23-16(2)25)21(13-15)28(26,27)24-12-5-3-4-9-20(24)17-7-6-8-18(22)14-17/h6-8,10-11,13-14,20H,3-5,9,12H2,1-2H3,(H,23,25)/t20-/m1/s1. The molecule has 1 heterocycles. The third-order valence-electron chi connectivity index (χ3n) is 4.97. The molecule has 1 aliphatic heterocycles. The fourth-order valence-electron chi connectivity index (χ4n) is 3.68. The van der Waals surface area contributed by atoms with Gasteiger partial charge < -0.3 is 5.32 Å². The van der Waals surface area contributed by atoms with Gasteiger partial charge in [0.1, 0.15) is 10.7 Å². The van der Waals surface area contributed by atoms with Crippen LogP contribution in [-0.2, 0) is 14.8 Å². The second-order valence-corrected chi connectivity index (χ2v) is 9.08. The first-order valence-electron chi connectivity index (χ1n) is 9.44. The predicted molar refractivity (Wildman–Crippen MR) is 107 cm³/mol. The van der Waals surface area contributed by atoms with Crippen LogP contribution in [0.5, 0.6) is 0 Å². The number of nitrogens with one attached hydrogen (secondary N) is 1. The molecule has 28 heavy (non-hydrogen) atoms. The van der Waals surface area contributed by atoms with Crippen molar-refractivity contribution >= 4 is 21.6 Å².